The highest BCUT2D eigenvalue weighted by Gasteiger charge is 2.39. The van der Waals surface area contributed by atoms with Gasteiger partial charge in [0.1, 0.15) is 0 Å². The number of rotatable bonds is 1. The van der Waals surface area contributed by atoms with Crippen LogP contribution in [-0.4, -0.2) is 11.2 Å². The van der Waals surface area contributed by atoms with Gasteiger partial charge in [-0.05, 0) is 30.1 Å². The van der Waals surface area contributed by atoms with Crippen LogP contribution in [0.2, 0.25) is 0 Å². The summed E-state index contributed by atoms with van der Waals surface area (Å²) in [5.41, 5.74) is 0.438. The molecule has 3 unspecified atom stereocenters. The Morgan fingerprint density at radius 2 is 2.00 bits per heavy atom. The van der Waals surface area contributed by atoms with Crippen molar-refractivity contribution in [3.05, 3.63) is 0 Å². The largest absolute Gasteiger partial charge is 0.393 e. The van der Waals surface area contributed by atoms with E-state index in [-0.39, 0.29) is 6.10 Å². The van der Waals surface area contributed by atoms with Crippen LogP contribution in [-0.2, 0) is 0 Å². The van der Waals surface area contributed by atoms with Gasteiger partial charge in [0.05, 0.1) is 6.10 Å². The van der Waals surface area contributed by atoms with E-state index in [1.165, 1.54) is 12.8 Å². The van der Waals surface area contributed by atoms with Crippen LogP contribution in [0.15, 0.2) is 0 Å². The zero-order chi connectivity index (χ0) is 9.35. The predicted octanol–water partition coefficient (Wildman–Crippen LogP) is 2.83. The van der Waals surface area contributed by atoms with E-state index in [0.29, 0.717) is 17.3 Å². The second-order valence-corrected chi connectivity index (χ2v) is 4.97. The fourth-order valence-corrected chi connectivity index (χ4v) is 2.87. The lowest BCUT2D eigenvalue weighted by atomic mass is 9.62. The van der Waals surface area contributed by atoms with Crippen molar-refractivity contribution in [3.8, 4) is 0 Å². The van der Waals surface area contributed by atoms with Gasteiger partial charge in [-0.2, -0.15) is 0 Å². The van der Waals surface area contributed by atoms with E-state index in [9.17, 15) is 5.11 Å². The molecule has 0 heterocycles. The van der Waals surface area contributed by atoms with Gasteiger partial charge in [0.15, 0.2) is 0 Å². The third kappa shape index (κ3) is 1.66. The van der Waals surface area contributed by atoms with Gasteiger partial charge < -0.3 is 5.11 Å². The Morgan fingerprint density at radius 1 is 1.42 bits per heavy atom. The molecule has 0 aliphatic heterocycles. The maximum Gasteiger partial charge on any atom is 0.0568 e. The maximum atomic E-state index is 9.71. The van der Waals surface area contributed by atoms with E-state index in [1.54, 1.807) is 0 Å². The highest BCUT2D eigenvalue weighted by atomic mass is 16.3. The highest BCUT2D eigenvalue weighted by Crippen LogP contribution is 2.45. The van der Waals surface area contributed by atoms with Crippen molar-refractivity contribution in [1.82, 2.24) is 0 Å². The van der Waals surface area contributed by atoms with E-state index in [1.807, 2.05) is 0 Å². The van der Waals surface area contributed by atoms with Crippen molar-refractivity contribution in [3.63, 3.8) is 0 Å². The average molecular weight is 170 g/mol. The van der Waals surface area contributed by atoms with Crippen LogP contribution in [0.3, 0.4) is 0 Å². The Labute approximate surface area is 76.2 Å². The molecule has 0 saturated heterocycles. The Balaban J connectivity index is 2.72. The number of hydrogen-bond donors (Lipinski definition) is 1. The Hall–Kier alpha value is -0.0400. The van der Waals surface area contributed by atoms with Crippen molar-refractivity contribution in [2.75, 3.05) is 0 Å². The molecule has 1 nitrogen and oxygen atoms in total. The first-order valence-electron chi connectivity index (χ1n) is 5.17. The summed E-state index contributed by atoms with van der Waals surface area (Å²) in [6.45, 7) is 9.10. The Bertz CT molecular complexity index is 151. The topological polar surface area (TPSA) is 20.2 Å². The first kappa shape index (κ1) is 10.0. The smallest absolute Gasteiger partial charge is 0.0568 e. The molecule has 0 spiro atoms. The summed E-state index contributed by atoms with van der Waals surface area (Å²) in [6.07, 6.45) is 3.32. The summed E-state index contributed by atoms with van der Waals surface area (Å²) >= 11 is 0. The van der Waals surface area contributed by atoms with E-state index in [2.05, 4.69) is 27.7 Å². The third-order valence-electron chi connectivity index (χ3n) is 3.77. The van der Waals surface area contributed by atoms with Crippen LogP contribution in [0, 0.1) is 17.3 Å². The summed E-state index contributed by atoms with van der Waals surface area (Å²) in [5, 5.41) is 9.71. The summed E-state index contributed by atoms with van der Waals surface area (Å²) in [4.78, 5) is 0. The van der Waals surface area contributed by atoms with E-state index in [4.69, 9.17) is 0 Å². The second kappa shape index (κ2) is 3.37. The fraction of sp³-hybridized carbons (Fsp3) is 1.00. The quantitative estimate of drug-likeness (QED) is 0.641. The van der Waals surface area contributed by atoms with E-state index >= 15 is 0 Å². The lowest BCUT2D eigenvalue weighted by Gasteiger charge is -2.45. The molecule has 1 fully saturated rings. The summed E-state index contributed by atoms with van der Waals surface area (Å²) in [7, 11) is 0. The molecule has 12 heavy (non-hydrogen) atoms. The molecular weight excluding hydrogens is 148 g/mol. The minimum atomic E-state index is -0.0528. The van der Waals surface area contributed by atoms with Crippen molar-refractivity contribution >= 4 is 0 Å². The SMILES string of the molecule is CCC1C(C)C(O)CCC1(C)C. The van der Waals surface area contributed by atoms with Crippen LogP contribution in [0.1, 0.15) is 47.0 Å². The van der Waals surface area contributed by atoms with Gasteiger partial charge in [0.2, 0.25) is 0 Å². The summed E-state index contributed by atoms with van der Waals surface area (Å²) in [6, 6.07) is 0. The fourth-order valence-electron chi connectivity index (χ4n) is 2.87. The molecule has 0 aromatic rings. The van der Waals surface area contributed by atoms with E-state index < -0.39 is 0 Å². The van der Waals surface area contributed by atoms with Gasteiger partial charge in [-0.1, -0.05) is 34.1 Å². The van der Waals surface area contributed by atoms with Gasteiger partial charge in [-0.25, -0.2) is 0 Å². The third-order valence-corrected chi connectivity index (χ3v) is 3.77. The number of hydrogen-bond acceptors (Lipinski definition) is 1. The van der Waals surface area contributed by atoms with Gasteiger partial charge in [-0.3, -0.25) is 0 Å². The number of aliphatic hydroxyl groups excluding tert-OH is 1. The maximum absolute atomic E-state index is 9.71. The van der Waals surface area contributed by atoms with Crippen LogP contribution >= 0.6 is 0 Å². The van der Waals surface area contributed by atoms with Crippen molar-refractivity contribution < 1.29 is 5.11 Å². The molecule has 1 N–H and O–H groups in total. The molecular formula is C11H22O. The van der Waals surface area contributed by atoms with Gasteiger partial charge >= 0.3 is 0 Å². The monoisotopic (exact) mass is 170 g/mol. The molecule has 0 aromatic carbocycles. The molecule has 72 valence electrons. The normalized spacial score (nSPS) is 41.2. The van der Waals surface area contributed by atoms with Crippen LogP contribution < -0.4 is 0 Å². The summed E-state index contributed by atoms with van der Waals surface area (Å²) in [5.74, 6) is 1.18. The molecule has 0 bridgehead atoms. The van der Waals surface area contributed by atoms with Crippen molar-refractivity contribution in [1.29, 1.82) is 0 Å². The number of aliphatic hydroxyl groups is 1. The van der Waals surface area contributed by atoms with Crippen molar-refractivity contribution in [2.45, 2.75) is 53.1 Å². The molecule has 1 rings (SSSR count). The Morgan fingerprint density at radius 3 is 2.42 bits per heavy atom. The molecule has 1 aliphatic carbocycles. The van der Waals surface area contributed by atoms with E-state index in [0.717, 1.165) is 6.42 Å². The molecule has 0 radical (unpaired) electrons. The minimum absolute atomic E-state index is 0.0528. The lowest BCUT2D eigenvalue weighted by Crippen LogP contribution is -2.40. The summed E-state index contributed by atoms with van der Waals surface area (Å²) < 4.78 is 0. The standard InChI is InChI=1S/C11H22O/c1-5-9-8(2)10(12)6-7-11(9,3)4/h8-10,12H,5-7H2,1-4H3. The van der Waals surface area contributed by atoms with Gasteiger partial charge in [0.25, 0.3) is 0 Å². The molecule has 1 heteroatoms. The lowest BCUT2D eigenvalue weighted by molar-refractivity contribution is -0.0263. The minimum Gasteiger partial charge on any atom is -0.393 e. The molecule has 0 amide bonds. The van der Waals surface area contributed by atoms with Crippen LogP contribution in [0.4, 0.5) is 0 Å². The van der Waals surface area contributed by atoms with Gasteiger partial charge in [-0.15, -0.1) is 0 Å². The molecule has 1 aliphatic rings. The highest BCUT2D eigenvalue weighted by molar-refractivity contribution is 4.89. The predicted molar refractivity (Wildman–Crippen MR) is 52.0 cm³/mol. The molecule has 0 aromatic heterocycles. The zero-order valence-electron chi connectivity index (χ0n) is 8.80. The van der Waals surface area contributed by atoms with Crippen LogP contribution in [0.25, 0.3) is 0 Å². The van der Waals surface area contributed by atoms with Crippen LogP contribution in [0.5, 0.6) is 0 Å². The molecule has 3 atom stereocenters. The average Bonchev–Trinajstić information content (AvgIpc) is 1.99. The Kier molecular flexibility index (Phi) is 2.82. The first-order valence-corrected chi connectivity index (χ1v) is 5.17. The molecule has 1 saturated carbocycles. The zero-order valence-corrected chi connectivity index (χ0v) is 8.80. The first-order chi connectivity index (χ1) is 5.49. The second-order valence-electron chi connectivity index (χ2n) is 4.97. The van der Waals surface area contributed by atoms with Crippen molar-refractivity contribution in [2.24, 2.45) is 17.3 Å². The van der Waals surface area contributed by atoms with Gasteiger partial charge in [0, 0.05) is 0 Å².